The van der Waals surface area contributed by atoms with Crippen LogP contribution in [0.25, 0.3) is 0 Å². The van der Waals surface area contributed by atoms with Crippen molar-refractivity contribution in [1.82, 2.24) is 5.32 Å². The van der Waals surface area contributed by atoms with E-state index in [2.05, 4.69) is 5.32 Å². The lowest BCUT2D eigenvalue weighted by Crippen LogP contribution is -2.30. The van der Waals surface area contributed by atoms with Gasteiger partial charge in [-0.1, -0.05) is 12.1 Å². The molecule has 19 heavy (non-hydrogen) atoms. The summed E-state index contributed by atoms with van der Waals surface area (Å²) in [6, 6.07) is 5.40. The molecule has 0 saturated heterocycles. The number of carboxylic acid groups (broad SMARTS) is 1. The fourth-order valence-corrected chi connectivity index (χ4v) is 1.37. The lowest BCUT2D eigenvalue weighted by molar-refractivity contribution is -0.385. The predicted octanol–water partition coefficient (Wildman–Crippen LogP) is 0.160. The third-order valence-electron chi connectivity index (χ3n) is 2.33. The molecule has 1 aromatic rings. The highest BCUT2D eigenvalue weighted by Gasteiger charge is 2.19. The minimum Gasteiger partial charge on any atom is -0.479 e. The maximum Gasteiger partial charge on any atom is 0.332 e. The molecule has 1 aromatic carbocycles. The highest BCUT2D eigenvalue weighted by Crippen LogP contribution is 2.17. The number of para-hydroxylation sites is 1. The van der Waals surface area contributed by atoms with Gasteiger partial charge in [-0.3, -0.25) is 14.9 Å². The summed E-state index contributed by atoms with van der Waals surface area (Å²) >= 11 is 0. The Kier molecular flexibility index (Phi) is 4.95. The Balaban J connectivity index is 2.64. The van der Waals surface area contributed by atoms with Crippen molar-refractivity contribution in [3.8, 4) is 0 Å². The number of carbonyl (C=O) groups is 2. The van der Waals surface area contributed by atoms with Crippen molar-refractivity contribution >= 4 is 17.6 Å². The van der Waals surface area contributed by atoms with Crippen LogP contribution >= 0.6 is 0 Å². The maximum absolute atomic E-state index is 11.7. The minimum absolute atomic E-state index is 0.0989. The minimum atomic E-state index is -1.58. The predicted molar refractivity (Wildman–Crippen MR) is 63.7 cm³/mol. The summed E-state index contributed by atoms with van der Waals surface area (Å²) in [4.78, 5) is 32.0. The lowest BCUT2D eigenvalue weighted by Gasteiger charge is -2.07. The summed E-state index contributed by atoms with van der Waals surface area (Å²) in [6.45, 7) is -0.0989. The highest BCUT2D eigenvalue weighted by atomic mass is 16.6. The van der Waals surface area contributed by atoms with E-state index in [0.29, 0.717) is 0 Å². The Labute approximate surface area is 107 Å². The number of aliphatic hydroxyl groups excluding tert-OH is 1. The van der Waals surface area contributed by atoms with E-state index < -0.39 is 22.9 Å². The second-order valence-corrected chi connectivity index (χ2v) is 3.67. The van der Waals surface area contributed by atoms with Crippen LogP contribution in [0.15, 0.2) is 24.3 Å². The van der Waals surface area contributed by atoms with Gasteiger partial charge in [0.2, 0.25) is 0 Å². The number of rotatable bonds is 6. The number of nitrogens with zero attached hydrogens (tertiary/aromatic N) is 1. The molecule has 1 rings (SSSR count). The number of nitrogens with one attached hydrogen (secondary N) is 1. The van der Waals surface area contributed by atoms with Gasteiger partial charge in [-0.15, -0.1) is 0 Å². The Morgan fingerprint density at radius 3 is 2.58 bits per heavy atom. The number of carbonyl (C=O) groups excluding carboxylic acids is 1. The van der Waals surface area contributed by atoms with Gasteiger partial charge >= 0.3 is 5.97 Å². The summed E-state index contributed by atoms with van der Waals surface area (Å²) < 4.78 is 0. The third kappa shape index (κ3) is 4.03. The molecular weight excluding hydrogens is 256 g/mol. The molecule has 3 N–H and O–H groups in total. The summed E-state index contributed by atoms with van der Waals surface area (Å²) in [5.74, 6) is -2.08. The Hall–Kier alpha value is -2.48. The maximum atomic E-state index is 11.7. The molecule has 8 nitrogen and oxygen atoms in total. The van der Waals surface area contributed by atoms with Crippen molar-refractivity contribution in [2.45, 2.75) is 12.5 Å². The van der Waals surface area contributed by atoms with Crippen molar-refractivity contribution in [3.05, 3.63) is 39.9 Å². The first-order chi connectivity index (χ1) is 8.93. The molecule has 0 saturated carbocycles. The van der Waals surface area contributed by atoms with Crippen LogP contribution in [-0.4, -0.2) is 39.7 Å². The molecule has 102 valence electrons. The quantitative estimate of drug-likeness (QED) is 0.497. The molecule has 0 aliphatic heterocycles. The van der Waals surface area contributed by atoms with Crippen molar-refractivity contribution in [2.75, 3.05) is 6.54 Å². The van der Waals surface area contributed by atoms with Crippen molar-refractivity contribution in [2.24, 2.45) is 0 Å². The van der Waals surface area contributed by atoms with E-state index in [0.717, 1.165) is 0 Å². The van der Waals surface area contributed by atoms with Crippen LogP contribution in [0.3, 0.4) is 0 Å². The van der Waals surface area contributed by atoms with Gasteiger partial charge in [0.05, 0.1) is 4.92 Å². The van der Waals surface area contributed by atoms with Crippen LogP contribution in [0.4, 0.5) is 5.69 Å². The molecule has 0 spiro atoms. The molecule has 0 unspecified atom stereocenters. The normalized spacial score (nSPS) is 11.6. The number of hydrogen-bond donors (Lipinski definition) is 3. The standard InChI is InChI=1S/C11H12N2O6/c14-9(11(16)17)5-6-12-10(15)7-3-1-2-4-8(7)13(18)19/h1-4,9,14H,5-6H2,(H,12,15)(H,16,17)/t9-/m0/s1. The van der Waals surface area contributed by atoms with Gasteiger partial charge < -0.3 is 15.5 Å². The monoisotopic (exact) mass is 268 g/mol. The molecule has 8 heteroatoms. The third-order valence-corrected chi connectivity index (χ3v) is 2.33. The number of carboxylic acids is 1. The number of aliphatic hydroxyl groups is 1. The van der Waals surface area contributed by atoms with Gasteiger partial charge in [-0.25, -0.2) is 4.79 Å². The van der Waals surface area contributed by atoms with Gasteiger partial charge in [0.15, 0.2) is 6.10 Å². The summed E-state index contributed by atoms with van der Waals surface area (Å²) in [5, 5.41) is 30.4. The largest absolute Gasteiger partial charge is 0.479 e. The average Bonchev–Trinajstić information content (AvgIpc) is 2.38. The molecule has 1 atom stereocenters. The molecule has 0 fully saturated rings. The first-order valence-corrected chi connectivity index (χ1v) is 5.36. The molecule has 0 radical (unpaired) electrons. The molecule has 0 aromatic heterocycles. The average molecular weight is 268 g/mol. The van der Waals surface area contributed by atoms with Crippen LogP contribution in [-0.2, 0) is 4.79 Å². The lowest BCUT2D eigenvalue weighted by atomic mass is 10.1. The zero-order valence-electron chi connectivity index (χ0n) is 9.78. The van der Waals surface area contributed by atoms with Gasteiger partial charge in [0, 0.05) is 19.0 Å². The number of aliphatic carboxylic acids is 1. The molecule has 0 heterocycles. The highest BCUT2D eigenvalue weighted by molar-refractivity contribution is 5.98. The topological polar surface area (TPSA) is 130 Å². The Bertz CT molecular complexity index is 502. The van der Waals surface area contributed by atoms with Crippen molar-refractivity contribution in [1.29, 1.82) is 0 Å². The van der Waals surface area contributed by atoms with Crippen LogP contribution < -0.4 is 5.32 Å². The number of benzene rings is 1. The van der Waals surface area contributed by atoms with Crippen LogP contribution in [0.2, 0.25) is 0 Å². The van der Waals surface area contributed by atoms with E-state index >= 15 is 0 Å². The van der Waals surface area contributed by atoms with Gasteiger partial charge in [-0.05, 0) is 6.07 Å². The fourth-order valence-electron chi connectivity index (χ4n) is 1.37. The second-order valence-electron chi connectivity index (χ2n) is 3.67. The molecule has 0 bridgehead atoms. The zero-order valence-corrected chi connectivity index (χ0v) is 9.78. The molecule has 1 amide bonds. The first kappa shape index (κ1) is 14.6. The summed E-state index contributed by atoms with van der Waals surface area (Å²) in [5.41, 5.74) is -0.448. The number of nitro groups is 1. The Morgan fingerprint density at radius 1 is 1.37 bits per heavy atom. The van der Waals surface area contributed by atoms with Crippen LogP contribution in [0, 0.1) is 10.1 Å². The van der Waals surface area contributed by atoms with E-state index in [-0.39, 0.29) is 24.2 Å². The van der Waals surface area contributed by atoms with Gasteiger partial charge in [-0.2, -0.15) is 0 Å². The Morgan fingerprint density at radius 2 is 2.00 bits per heavy atom. The molecule has 0 aliphatic carbocycles. The smallest absolute Gasteiger partial charge is 0.332 e. The van der Waals surface area contributed by atoms with E-state index in [1.54, 1.807) is 0 Å². The van der Waals surface area contributed by atoms with E-state index in [4.69, 9.17) is 10.2 Å². The van der Waals surface area contributed by atoms with Gasteiger partial charge in [0.1, 0.15) is 5.56 Å². The zero-order chi connectivity index (χ0) is 14.4. The van der Waals surface area contributed by atoms with Crippen molar-refractivity contribution in [3.63, 3.8) is 0 Å². The fraction of sp³-hybridized carbons (Fsp3) is 0.273. The van der Waals surface area contributed by atoms with E-state index in [9.17, 15) is 19.7 Å². The second kappa shape index (κ2) is 6.45. The van der Waals surface area contributed by atoms with Gasteiger partial charge in [0.25, 0.3) is 11.6 Å². The number of hydrogen-bond acceptors (Lipinski definition) is 5. The number of amides is 1. The first-order valence-electron chi connectivity index (χ1n) is 5.36. The summed E-state index contributed by atoms with van der Waals surface area (Å²) in [7, 11) is 0. The number of nitro benzene ring substituents is 1. The molecular formula is C11H12N2O6. The SMILES string of the molecule is O=C(NCC[C@H](O)C(=O)O)c1ccccc1[N+](=O)[O-]. The van der Waals surface area contributed by atoms with Crippen LogP contribution in [0.5, 0.6) is 0 Å². The van der Waals surface area contributed by atoms with E-state index in [1.165, 1.54) is 24.3 Å². The van der Waals surface area contributed by atoms with Crippen LogP contribution in [0.1, 0.15) is 16.8 Å². The molecule has 0 aliphatic rings. The van der Waals surface area contributed by atoms with Crippen molar-refractivity contribution < 1.29 is 24.7 Å². The van der Waals surface area contributed by atoms with E-state index in [1.807, 2.05) is 0 Å². The summed E-state index contributed by atoms with van der Waals surface area (Å²) in [6.07, 6.45) is -1.76.